The minimum absolute atomic E-state index is 0.262. The Morgan fingerprint density at radius 3 is 3.00 bits per heavy atom. The second kappa shape index (κ2) is 2.82. The number of esters is 1. The van der Waals surface area contributed by atoms with Crippen LogP contribution in [0.3, 0.4) is 0 Å². The molecule has 1 atom stereocenters. The van der Waals surface area contributed by atoms with Crippen LogP contribution in [-0.4, -0.2) is 18.9 Å². The summed E-state index contributed by atoms with van der Waals surface area (Å²) in [5, 5.41) is 0. The van der Waals surface area contributed by atoms with Crippen molar-refractivity contribution < 1.29 is 14.3 Å². The Balaban J connectivity index is 2.19. The van der Waals surface area contributed by atoms with Crippen LogP contribution in [0.2, 0.25) is 0 Å². The molecule has 1 heterocycles. The second-order valence-electron chi connectivity index (χ2n) is 2.05. The van der Waals surface area contributed by atoms with E-state index >= 15 is 0 Å². The number of carbonyl (C=O) groups excluding carboxylic acids is 1. The molecule has 1 saturated heterocycles. The van der Waals surface area contributed by atoms with Crippen LogP contribution < -0.4 is 0 Å². The quantitative estimate of drug-likeness (QED) is 0.490. The molecular formula is C6H10O3. The molecule has 0 aromatic heterocycles. The van der Waals surface area contributed by atoms with Gasteiger partial charge in [0.25, 0.3) is 0 Å². The zero-order chi connectivity index (χ0) is 6.69. The van der Waals surface area contributed by atoms with Crippen molar-refractivity contribution in [3.63, 3.8) is 0 Å². The van der Waals surface area contributed by atoms with Gasteiger partial charge < -0.3 is 9.47 Å². The smallest absolute Gasteiger partial charge is 0.304 e. The summed E-state index contributed by atoms with van der Waals surface area (Å²) in [4.78, 5) is 10.3. The fourth-order valence-corrected chi connectivity index (χ4v) is 0.826. The molecule has 1 fully saturated rings. The van der Waals surface area contributed by atoms with Crippen LogP contribution in [0.25, 0.3) is 0 Å². The van der Waals surface area contributed by atoms with E-state index in [0.717, 1.165) is 19.4 Å². The van der Waals surface area contributed by atoms with Crippen LogP contribution in [0.4, 0.5) is 0 Å². The normalized spacial score (nSPS) is 26.1. The molecule has 0 amide bonds. The maximum Gasteiger partial charge on any atom is 0.304 e. The van der Waals surface area contributed by atoms with Crippen molar-refractivity contribution in [3.05, 3.63) is 0 Å². The molecule has 1 aliphatic heterocycles. The monoisotopic (exact) mass is 130 g/mol. The van der Waals surface area contributed by atoms with E-state index in [4.69, 9.17) is 9.47 Å². The first-order chi connectivity index (χ1) is 4.29. The van der Waals surface area contributed by atoms with Gasteiger partial charge in [0.1, 0.15) is 0 Å². The number of rotatable bonds is 1. The van der Waals surface area contributed by atoms with Crippen molar-refractivity contribution >= 4 is 5.97 Å². The Morgan fingerprint density at radius 1 is 1.78 bits per heavy atom. The zero-order valence-electron chi connectivity index (χ0n) is 5.42. The molecule has 52 valence electrons. The lowest BCUT2D eigenvalue weighted by molar-refractivity contribution is -0.166. The molecule has 0 unspecified atom stereocenters. The SMILES string of the molecule is CC(=O)O[C@@H]1CCCO1. The topological polar surface area (TPSA) is 35.5 Å². The highest BCUT2D eigenvalue weighted by atomic mass is 16.7. The molecule has 3 nitrogen and oxygen atoms in total. The van der Waals surface area contributed by atoms with Crippen molar-refractivity contribution in [1.29, 1.82) is 0 Å². The van der Waals surface area contributed by atoms with Gasteiger partial charge >= 0.3 is 5.97 Å². The van der Waals surface area contributed by atoms with E-state index in [1.807, 2.05) is 0 Å². The third kappa shape index (κ3) is 2.01. The molecule has 0 bridgehead atoms. The lowest BCUT2D eigenvalue weighted by atomic mass is 10.4. The molecule has 0 spiro atoms. The summed E-state index contributed by atoms with van der Waals surface area (Å²) in [5.41, 5.74) is 0. The largest absolute Gasteiger partial charge is 0.436 e. The summed E-state index contributed by atoms with van der Waals surface area (Å²) in [5.74, 6) is -0.262. The van der Waals surface area contributed by atoms with Crippen LogP contribution in [0.5, 0.6) is 0 Å². The predicted molar refractivity (Wildman–Crippen MR) is 30.7 cm³/mol. The van der Waals surface area contributed by atoms with Crippen molar-refractivity contribution in [2.45, 2.75) is 26.1 Å². The van der Waals surface area contributed by atoms with Crippen molar-refractivity contribution in [2.24, 2.45) is 0 Å². The summed E-state index contributed by atoms with van der Waals surface area (Å²) in [6.07, 6.45) is 1.58. The van der Waals surface area contributed by atoms with Crippen molar-refractivity contribution in [1.82, 2.24) is 0 Å². The van der Waals surface area contributed by atoms with Crippen molar-refractivity contribution in [2.75, 3.05) is 6.61 Å². The zero-order valence-corrected chi connectivity index (χ0v) is 5.42. The molecule has 0 aromatic carbocycles. The van der Waals surface area contributed by atoms with Gasteiger partial charge in [-0.05, 0) is 6.42 Å². The molecular weight excluding hydrogens is 120 g/mol. The third-order valence-corrected chi connectivity index (χ3v) is 1.19. The second-order valence-corrected chi connectivity index (χ2v) is 2.05. The number of hydrogen-bond donors (Lipinski definition) is 0. The number of ether oxygens (including phenoxy) is 2. The maximum atomic E-state index is 10.3. The first-order valence-electron chi connectivity index (χ1n) is 3.08. The molecule has 1 aliphatic rings. The molecule has 0 N–H and O–H groups in total. The van der Waals surface area contributed by atoms with Gasteiger partial charge in [-0.25, -0.2) is 0 Å². The van der Waals surface area contributed by atoms with Gasteiger partial charge in [-0.1, -0.05) is 0 Å². The molecule has 9 heavy (non-hydrogen) atoms. The Morgan fingerprint density at radius 2 is 2.56 bits per heavy atom. The minimum Gasteiger partial charge on any atom is -0.436 e. The van der Waals surface area contributed by atoms with Crippen LogP contribution in [0.15, 0.2) is 0 Å². The average Bonchev–Trinajstić information content (AvgIpc) is 2.15. The van der Waals surface area contributed by atoms with E-state index < -0.39 is 0 Å². The first-order valence-corrected chi connectivity index (χ1v) is 3.08. The summed E-state index contributed by atoms with van der Waals surface area (Å²) in [6, 6.07) is 0. The maximum absolute atomic E-state index is 10.3. The van der Waals surface area contributed by atoms with E-state index in [0.29, 0.717) is 0 Å². The first kappa shape index (κ1) is 6.55. The van der Waals surface area contributed by atoms with Gasteiger partial charge in [0.15, 0.2) is 0 Å². The van der Waals surface area contributed by atoms with E-state index in [-0.39, 0.29) is 12.3 Å². The fraction of sp³-hybridized carbons (Fsp3) is 0.833. The molecule has 3 heteroatoms. The average molecular weight is 130 g/mol. The standard InChI is InChI=1S/C6H10O3/c1-5(7)9-6-3-2-4-8-6/h6H,2-4H2,1H3/t6-/m1/s1. The van der Waals surface area contributed by atoms with Crippen LogP contribution >= 0.6 is 0 Å². The lowest BCUT2D eigenvalue weighted by Gasteiger charge is -2.07. The van der Waals surface area contributed by atoms with Gasteiger partial charge in [0, 0.05) is 13.3 Å². The van der Waals surface area contributed by atoms with Crippen LogP contribution in [0.1, 0.15) is 19.8 Å². The molecule has 0 radical (unpaired) electrons. The molecule has 0 aliphatic carbocycles. The van der Waals surface area contributed by atoms with Gasteiger partial charge in [-0.15, -0.1) is 0 Å². The predicted octanol–water partition coefficient (Wildman–Crippen LogP) is 0.686. The van der Waals surface area contributed by atoms with E-state index in [1.165, 1.54) is 6.92 Å². The Kier molecular flexibility index (Phi) is 2.05. The summed E-state index contributed by atoms with van der Waals surface area (Å²) in [6.45, 7) is 2.11. The van der Waals surface area contributed by atoms with Crippen molar-refractivity contribution in [3.8, 4) is 0 Å². The highest BCUT2D eigenvalue weighted by Gasteiger charge is 2.17. The summed E-state index contributed by atoms with van der Waals surface area (Å²) >= 11 is 0. The number of carbonyl (C=O) groups is 1. The van der Waals surface area contributed by atoms with E-state index in [9.17, 15) is 4.79 Å². The third-order valence-electron chi connectivity index (χ3n) is 1.19. The Bertz CT molecular complexity index is 105. The fourth-order valence-electron chi connectivity index (χ4n) is 0.826. The number of hydrogen-bond acceptors (Lipinski definition) is 3. The molecule has 1 rings (SSSR count). The van der Waals surface area contributed by atoms with E-state index in [1.54, 1.807) is 0 Å². The van der Waals surface area contributed by atoms with E-state index in [2.05, 4.69) is 0 Å². The van der Waals surface area contributed by atoms with Crippen LogP contribution in [-0.2, 0) is 14.3 Å². The van der Waals surface area contributed by atoms with Crippen LogP contribution in [0, 0.1) is 0 Å². The summed E-state index contributed by atoms with van der Waals surface area (Å²) < 4.78 is 9.77. The Labute approximate surface area is 53.9 Å². The summed E-state index contributed by atoms with van der Waals surface area (Å²) in [7, 11) is 0. The van der Waals surface area contributed by atoms with Gasteiger partial charge in [0.2, 0.25) is 6.29 Å². The molecule has 0 aromatic rings. The van der Waals surface area contributed by atoms with Gasteiger partial charge in [-0.3, -0.25) is 4.79 Å². The van der Waals surface area contributed by atoms with Gasteiger partial charge in [0.05, 0.1) is 6.61 Å². The van der Waals surface area contributed by atoms with Gasteiger partial charge in [-0.2, -0.15) is 0 Å². The highest BCUT2D eigenvalue weighted by molar-refractivity contribution is 5.66. The Hall–Kier alpha value is -0.570. The molecule has 0 saturated carbocycles. The minimum atomic E-state index is -0.262. The lowest BCUT2D eigenvalue weighted by Crippen LogP contribution is -2.13. The highest BCUT2D eigenvalue weighted by Crippen LogP contribution is 2.12.